The SMILES string of the molecule is CC(N)C1(c2ccc3[nH]c4c(c3c2)CCC4)CC1. The molecule has 18 heavy (non-hydrogen) atoms. The Balaban J connectivity index is 1.89. The zero-order valence-corrected chi connectivity index (χ0v) is 10.9. The summed E-state index contributed by atoms with van der Waals surface area (Å²) in [4.78, 5) is 3.57. The number of H-pyrrole nitrogens is 1. The molecule has 2 nitrogen and oxygen atoms in total. The molecule has 2 heteroatoms. The van der Waals surface area contributed by atoms with E-state index in [1.807, 2.05) is 0 Å². The van der Waals surface area contributed by atoms with Crippen LogP contribution in [0.5, 0.6) is 0 Å². The summed E-state index contributed by atoms with van der Waals surface area (Å²) in [6.45, 7) is 2.15. The number of rotatable bonds is 2. The second kappa shape index (κ2) is 3.39. The van der Waals surface area contributed by atoms with Gasteiger partial charge in [0.05, 0.1) is 0 Å². The van der Waals surface area contributed by atoms with Crippen LogP contribution in [0.3, 0.4) is 0 Å². The summed E-state index contributed by atoms with van der Waals surface area (Å²) in [5, 5.41) is 1.45. The quantitative estimate of drug-likeness (QED) is 0.832. The first-order valence-corrected chi connectivity index (χ1v) is 7.10. The monoisotopic (exact) mass is 240 g/mol. The van der Waals surface area contributed by atoms with E-state index < -0.39 is 0 Å². The van der Waals surface area contributed by atoms with Gasteiger partial charge >= 0.3 is 0 Å². The summed E-state index contributed by atoms with van der Waals surface area (Å²) in [5.74, 6) is 0. The number of aromatic nitrogens is 1. The lowest BCUT2D eigenvalue weighted by Crippen LogP contribution is -2.31. The summed E-state index contributed by atoms with van der Waals surface area (Å²) in [6.07, 6.45) is 6.27. The van der Waals surface area contributed by atoms with Crippen molar-refractivity contribution < 1.29 is 0 Å². The van der Waals surface area contributed by atoms with Gasteiger partial charge in [0.15, 0.2) is 0 Å². The average Bonchev–Trinajstić information content (AvgIpc) is 2.92. The minimum absolute atomic E-state index is 0.266. The van der Waals surface area contributed by atoms with Crippen molar-refractivity contribution in [1.82, 2.24) is 4.98 Å². The zero-order chi connectivity index (χ0) is 12.3. The summed E-state index contributed by atoms with van der Waals surface area (Å²) in [6, 6.07) is 7.21. The topological polar surface area (TPSA) is 41.8 Å². The second-order valence-electron chi connectivity index (χ2n) is 6.14. The molecule has 2 aromatic rings. The number of benzene rings is 1. The highest BCUT2D eigenvalue weighted by Gasteiger charge is 2.47. The molecule has 1 fully saturated rings. The molecule has 1 heterocycles. The van der Waals surface area contributed by atoms with Gasteiger partial charge < -0.3 is 10.7 Å². The summed E-state index contributed by atoms with van der Waals surface area (Å²) < 4.78 is 0. The lowest BCUT2D eigenvalue weighted by atomic mass is 9.88. The maximum atomic E-state index is 6.19. The van der Waals surface area contributed by atoms with Gasteiger partial charge in [0.1, 0.15) is 0 Å². The Morgan fingerprint density at radius 1 is 1.28 bits per heavy atom. The van der Waals surface area contributed by atoms with E-state index in [1.165, 1.54) is 54.3 Å². The molecule has 3 N–H and O–H groups in total. The summed E-state index contributed by atoms with van der Waals surface area (Å²) in [7, 11) is 0. The fourth-order valence-corrected chi connectivity index (χ4v) is 3.70. The first-order chi connectivity index (χ1) is 8.71. The number of hydrogen-bond acceptors (Lipinski definition) is 1. The second-order valence-corrected chi connectivity index (χ2v) is 6.14. The van der Waals surface area contributed by atoms with Gasteiger partial charge in [-0.2, -0.15) is 0 Å². The standard InChI is InChI=1S/C16H20N2/c1-10(17)16(7-8-16)11-5-6-15-13(9-11)12-3-2-4-14(12)18-15/h5-6,9-10,18H,2-4,7-8,17H2,1H3. The lowest BCUT2D eigenvalue weighted by molar-refractivity contribution is 0.557. The van der Waals surface area contributed by atoms with Crippen molar-refractivity contribution in [1.29, 1.82) is 0 Å². The predicted octanol–water partition coefficient (Wildman–Crippen LogP) is 3.04. The van der Waals surface area contributed by atoms with Crippen LogP contribution in [0, 0.1) is 0 Å². The minimum atomic E-state index is 0.266. The van der Waals surface area contributed by atoms with E-state index in [2.05, 4.69) is 30.1 Å². The van der Waals surface area contributed by atoms with Crippen molar-refractivity contribution >= 4 is 10.9 Å². The van der Waals surface area contributed by atoms with E-state index in [0.29, 0.717) is 0 Å². The molecule has 1 aromatic heterocycles. The molecule has 0 aliphatic heterocycles. The molecule has 4 rings (SSSR count). The van der Waals surface area contributed by atoms with Crippen LogP contribution >= 0.6 is 0 Å². The summed E-state index contributed by atoms with van der Waals surface area (Å²) >= 11 is 0. The van der Waals surface area contributed by atoms with Gasteiger partial charge in [0.25, 0.3) is 0 Å². The van der Waals surface area contributed by atoms with Gasteiger partial charge in [-0.3, -0.25) is 0 Å². The molecule has 94 valence electrons. The molecular weight excluding hydrogens is 220 g/mol. The lowest BCUT2D eigenvalue weighted by Gasteiger charge is -2.20. The number of aromatic amines is 1. The third kappa shape index (κ3) is 1.27. The highest BCUT2D eigenvalue weighted by molar-refractivity contribution is 5.86. The minimum Gasteiger partial charge on any atom is -0.358 e. The normalized spacial score (nSPS) is 22.1. The van der Waals surface area contributed by atoms with Crippen LogP contribution in [-0.2, 0) is 18.3 Å². The van der Waals surface area contributed by atoms with E-state index in [1.54, 1.807) is 5.56 Å². The van der Waals surface area contributed by atoms with E-state index in [9.17, 15) is 0 Å². The largest absolute Gasteiger partial charge is 0.358 e. The van der Waals surface area contributed by atoms with Gasteiger partial charge in [-0.15, -0.1) is 0 Å². The Bertz CT molecular complexity index is 617. The molecule has 1 unspecified atom stereocenters. The molecule has 2 aliphatic carbocycles. The first kappa shape index (κ1) is 10.6. The Morgan fingerprint density at radius 3 is 2.83 bits per heavy atom. The molecule has 1 saturated carbocycles. The van der Waals surface area contributed by atoms with Crippen LogP contribution in [0.4, 0.5) is 0 Å². The fourth-order valence-electron chi connectivity index (χ4n) is 3.70. The van der Waals surface area contributed by atoms with E-state index >= 15 is 0 Å². The third-order valence-corrected chi connectivity index (χ3v) is 5.08. The molecule has 0 spiro atoms. The molecule has 0 amide bonds. The molecule has 0 bridgehead atoms. The molecule has 1 atom stereocenters. The van der Waals surface area contributed by atoms with Gasteiger partial charge in [-0.1, -0.05) is 6.07 Å². The Kier molecular flexibility index (Phi) is 2.00. The van der Waals surface area contributed by atoms with Crippen LogP contribution in [-0.4, -0.2) is 11.0 Å². The van der Waals surface area contributed by atoms with E-state index in [0.717, 1.165) is 0 Å². The number of aryl methyl sites for hydroxylation is 2. The predicted molar refractivity (Wildman–Crippen MR) is 74.9 cm³/mol. The molecule has 0 saturated heterocycles. The zero-order valence-electron chi connectivity index (χ0n) is 10.9. The number of hydrogen-bond donors (Lipinski definition) is 2. The Morgan fingerprint density at radius 2 is 2.11 bits per heavy atom. The Labute approximate surface area is 108 Å². The molecule has 1 aromatic carbocycles. The van der Waals surface area contributed by atoms with Crippen molar-refractivity contribution in [3.05, 3.63) is 35.0 Å². The first-order valence-electron chi connectivity index (χ1n) is 7.10. The molecular formula is C16H20N2. The van der Waals surface area contributed by atoms with Crippen LogP contribution < -0.4 is 5.73 Å². The van der Waals surface area contributed by atoms with E-state index in [-0.39, 0.29) is 11.5 Å². The smallest absolute Gasteiger partial charge is 0.0459 e. The highest BCUT2D eigenvalue weighted by Crippen LogP contribution is 2.51. The fraction of sp³-hybridized carbons (Fsp3) is 0.500. The van der Waals surface area contributed by atoms with Gasteiger partial charge in [-0.25, -0.2) is 0 Å². The van der Waals surface area contributed by atoms with Crippen molar-refractivity contribution in [2.75, 3.05) is 0 Å². The summed E-state index contributed by atoms with van der Waals surface area (Å²) in [5.41, 5.74) is 12.3. The molecule has 2 aliphatic rings. The van der Waals surface area contributed by atoms with Crippen molar-refractivity contribution in [3.8, 4) is 0 Å². The van der Waals surface area contributed by atoms with Crippen molar-refractivity contribution in [2.45, 2.75) is 50.5 Å². The number of fused-ring (bicyclic) bond motifs is 3. The highest BCUT2D eigenvalue weighted by atomic mass is 14.7. The van der Waals surface area contributed by atoms with Crippen molar-refractivity contribution in [3.63, 3.8) is 0 Å². The van der Waals surface area contributed by atoms with Crippen LogP contribution in [0.1, 0.15) is 43.0 Å². The van der Waals surface area contributed by atoms with Crippen molar-refractivity contribution in [2.24, 2.45) is 5.73 Å². The Hall–Kier alpha value is -1.28. The number of nitrogens with one attached hydrogen (secondary N) is 1. The van der Waals surface area contributed by atoms with Crippen LogP contribution in [0.2, 0.25) is 0 Å². The third-order valence-electron chi connectivity index (χ3n) is 5.08. The molecule has 0 radical (unpaired) electrons. The average molecular weight is 240 g/mol. The van der Waals surface area contributed by atoms with Gasteiger partial charge in [-0.05, 0) is 62.3 Å². The number of nitrogens with two attached hydrogens (primary N) is 1. The maximum absolute atomic E-state index is 6.19. The maximum Gasteiger partial charge on any atom is 0.0459 e. The van der Waals surface area contributed by atoms with E-state index in [4.69, 9.17) is 5.73 Å². The van der Waals surface area contributed by atoms with Gasteiger partial charge in [0.2, 0.25) is 0 Å². The van der Waals surface area contributed by atoms with Crippen LogP contribution in [0.25, 0.3) is 10.9 Å². The van der Waals surface area contributed by atoms with Crippen LogP contribution in [0.15, 0.2) is 18.2 Å². The van der Waals surface area contributed by atoms with Gasteiger partial charge in [0, 0.05) is 28.1 Å².